The number of hydrogen-bond donors (Lipinski definition) is 2. The minimum Gasteiger partial charge on any atom is -0.347 e. The number of amides is 1. The average Bonchev–Trinajstić information content (AvgIpc) is 3.10. The van der Waals surface area contributed by atoms with Crippen LogP contribution in [-0.2, 0) is 10.3 Å². The van der Waals surface area contributed by atoms with E-state index in [0.29, 0.717) is 13.0 Å². The maximum Gasteiger partial charge on any atom is 0.221 e. The normalized spacial score (nSPS) is 16.6. The molecule has 0 radical (unpaired) electrons. The van der Waals surface area contributed by atoms with Gasteiger partial charge in [-0.1, -0.05) is 18.2 Å². The van der Waals surface area contributed by atoms with Gasteiger partial charge in [0.15, 0.2) is 0 Å². The number of carbonyl (C=O) groups excluding carboxylic acids is 1. The smallest absolute Gasteiger partial charge is 0.221 e. The van der Waals surface area contributed by atoms with Gasteiger partial charge in [0, 0.05) is 17.9 Å². The number of rotatable bonds is 5. The van der Waals surface area contributed by atoms with Crippen LogP contribution in [0.3, 0.4) is 0 Å². The van der Waals surface area contributed by atoms with Crippen molar-refractivity contribution in [2.45, 2.75) is 29.7 Å². The molecule has 1 saturated carbocycles. The van der Waals surface area contributed by atoms with Gasteiger partial charge >= 0.3 is 0 Å². The van der Waals surface area contributed by atoms with E-state index in [2.05, 4.69) is 23.7 Å². The summed E-state index contributed by atoms with van der Waals surface area (Å²) < 4.78 is 0. The number of benzene rings is 1. The van der Waals surface area contributed by atoms with Gasteiger partial charge in [-0.05, 0) is 30.7 Å². The van der Waals surface area contributed by atoms with Crippen molar-refractivity contribution in [3.8, 4) is 0 Å². The fraction of sp³-hybridized carbons (Fsp3) is 0.462. The van der Waals surface area contributed by atoms with Crippen LogP contribution in [0.2, 0.25) is 0 Å². The third kappa shape index (κ3) is 2.64. The van der Waals surface area contributed by atoms with E-state index in [9.17, 15) is 4.79 Å². The van der Waals surface area contributed by atoms with Gasteiger partial charge in [-0.25, -0.2) is 0 Å². The number of thioether (sulfide) groups is 1. The third-order valence-electron chi connectivity index (χ3n) is 3.12. The third-order valence-corrected chi connectivity index (χ3v) is 3.92. The van der Waals surface area contributed by atoms with E-state index in [1.807, 2.05) is 12.1 Å². The summed E-state index contributed by atoms with van der Waals surface area (Å²) in [5.74, 6) is 0.0564. The zero-order valence-electron chi connectivity index (χ0n) is 10.0. The van der Waals surface area contributed by atoms with Crippen molar-refractivity contribution < 1.29 is 4.79 Å². The Labute approximate surface area is 106 Å². The van der Waals surface area contributed by atoms with E-state index in [4.69, 9.17) is 5.73 Å². The van der Waals surface area contributed by atoms with Crippen LogP contribution in [-0.4, -0.2) is 18.7 Å². The average molecular weight is 250 g/mol. The summed E-state index contributed by atoms with van der Waals surface area (Å²) in [4.78, 5) is 12.9. The lowest BCUT2D eigenvalue weighted by atomic mass is 10.0. The number of carbonyl (C=O) groups is 1. The molecule has 3 N–H and O–H groups in total. The van der Waals surface area contributed by atoms with Gasteiger partial charge in [0.05, 0.1) is 5.54 Å². The summed E-state index contributed by atoms with van der Waals surface area (Å²) in [6, 6.07) is 8.29. The Morgan fingerprint density at radius 3 is 2.76 bits per heavy atom. The van der Waals surface area contributed by atoms with E-state index >= 15 is 0 Å². The second-order valence-electron chi connectivity index (χ2n) is 4.37. The largest absolute Gasteiger partial charge is 0.347 e. The van der Waals surface area contributed by atoms with Gasteiger partial charge in [0.1, 0.15) is 0 Å². The molecule has 92 valence electrons. The quantitative estimate of drug-likeness (QED) is 0.784. The van der Waals surface area contributed by atoms with Gasteiger partial charge in [-0.2, -0.15) is 0 Å². The van der Waals surface area contributed by atoms with E-state index < -0.39 is 0 Å². The molecule has 4 heteroatoms. The molecular formula is C13H18N2OS. The van der Waals surface area contributed by atoms with Crippen molar-refractivity contribution in [2.24, 2.45) is 5.73 Å². The molecule has 0 saturated heterocycles. The maximum absolute atomic E-state index is 11.7. The first kappa shape index (κ1) is 12.5. The van der Waals surface area contributed by atoms with Crippen molar-refractivity contribution in [3.63, 3.8) is 0 Å². The van der Waals surface area contributed by atoms with Crippen LogP contribution in [0.15, 0.2) is 29.2 Å². The van der Waals surface area contributed by atoms with Crippen LogP contribution in [0.25, 0.3) is 0 Å². The highest BCUT2D eigenvalue weighted by Gasteiger charge is 2.46. The summed E-state index contributed by atoms with van der Waals surface area (Å²) in [6.07, 6.45) is 4.53. The molecule has 3 nitrogen and oxygen atoms in total. The number of nitrogens with one attached hydrogen (secondary N) is 1. The molecule has 1 aromatic carbocycles. The number of nitrogens with two attached hydrogens (primary N) is 1. The summed E-state index contributed by atoms with van der Waals surface area (Å²) in [5, 5.41) is 3.13. The number of hydrogen-bond acceptors (Lipinski definition) is 3. The van der Waals surface area contributed by atoms with Gasteiger partial charge in [-0.15, -0.1) is 11.8 Å². The Balaban J connectivity index is 2.18. The Hall–Kier alpha value is -1.00. The molecule has 1 aliphatic carbocycles. The molecular weight excluding hydrogens is 232 g/mol. The Bertz CT molecular complexity index is 416. The summed E-state index contributed by atoms with van der Waals surface area (Å²) in [5.41, 5.74) is 6.53. The van der Waals surface area contributed by atoms with Gasteiger partial charge < -0.3 is 11.1 Å². The molecule has 0 aliphatic heterocycles. The lowest BCUT2D eigenvalue weighted by Gasteiger charge is -2.20. The second-order valence-corrected chi connectivity index (χ2v) is 5.22. The summed E-state index contributed by atoms with van der Waals surface area (Å²) in [7, 11) is 0. The van der Waals surface area contributed by atoms with Crippen LogP contribution < -0.4 is 11.1 Å². The van der Waals surface area contributed by atoms with Gasteiger partial charge in [0.2, 0.25) is 5.91 Å². The van der Waals surface area contributed by atoms with Crippen molar-refractivity contribution in [1.82, 2.24) is 5.32 Å². The Morgan fingerprint density at radius 1 is 1.47 bits per heavy atom. The first-order valence-corrected chi connectivity index (χ1v) is 7.09. The molecule has 1 fully saturated rings. The van der Waals surface area contributed by atoms with E-state index in [-0.39, 0.29) is 11.4 Å². The predicted molar refractivity (Wildman–Crippen MR) is 70.9 cm³/mol. The highest BCUT2D eigenvalue weighted by Crippen LogP contribution is 2.48. The standard InChI is InChI=1S/C13H18N2OS/c1-17-11-5-3-2-4-10(11)13(7-8-13)15-12(16)6-9-14/h2-5H,6-9,14H2,1H3,(H,15,16). The molecule has 0 aromatic heterocycles. The predicted octanol–water partition coefficient (Wildman–Crippen LogP) is 1.86. The van der Waals surface area contributed by atoms with Gasteiger partial charge in [-0.3, -0.25) is 4.79 Å². The molecule has 1 aliphatic rings. The van der Waals surface area contributed by atoms with Crippen LogP contribution >= 0.6 is 11.8 Å². The van der Waals surface area contributed by atoms with E-state index in [0.717, 1.165) is 12.8 Å². The lowest BCUT2D eigenvalue weighted by molar-refractivity contribution is -0.121. The molecule has 0 unspecified atom stereocenters. The minimum absolute atomic E-state index is 0.0564. The van der Waals surface area contributed by atoms with Crippen LogP contribution in [0, 0.1) is 0 Å². The highest BCUT2D eigenvalue weighted by molar-refractivity contribution is 7.98. The molecule has 1 amide bonds. The maximum atomic E-state index is 11.7. The summed E-state index contributed by atoms with van der Waals surface area (Å²) >= 11 is 1.73. The van der Waals surface area contributed by atoms with E-state index in [1.165, 1.54) is 10.5 Å². The fourth-order valence-electron chi connectivity index (χ4n) is 2.09. The first-order valence-electron chi connectivity index (χ1n) is 5.86. The SMILES string of the molecule is CSc1ccccc1C1(NC(=O)CCN)CC1. The molecule has 1 aromatic rings. The zero-order chi connectivity index (χ0) is 12.3. The second kappa shape index (κ2) is 5.10. The van der Waals surface area contributed by atoms with Crippen LogP contribution in [0.5, 0.6) is 0 Å². The van der Waals surface area contributed by atoms with Crippen molar-refractivity contribution in [1.29, 1.82) is 0 Å². The highest BCUT2D eigenvalue weighted by atomic mass is 32.2. The monoisotopic (exact) mass is 250 g/mol. The lowest BCUT2D eigenvalue weighted by Crippen LogP contribution is -2.36. The van der Waals surface area contributed by atoms with Gasteiger partial charge in [0.25, 0.3) is 0 Å². The fourth-order valence-corrected chi connectivity index (χ4v) is 2.79. The van der Waals surface area contributed by atoms with Crippen molar-refractivity contribution in [3.05, 3.63) is 29.8 Å². The molecule has 0 bridgehead atoms. The van der Waals surface area contributed by atoms with Crippen molar-refractivity contribution >= 4 is 17.7 Å². The van der Waals surface area contributed by atoms with E-state index in [1.54, 1.807) is 11.8 Å². The van der Waals surface area contributed by atoms with Crippen LogP contribution in [0.4, 0.5) is 0 Å². The minimum atomic E-state index is -0.119. The van der Waals surface area contributed by atoms with Crippen LogP contribution in [0.1, 0.15) is 24.8 Å². The topological polar surface area (TPSA) is 55.1 Å². The Kier molecular flexibility index (Phi) is 3.74. The first-order chi connectivity index (χ1) is 8.22. The molecule has 0 spiro atoms. The molecule has 0 atom stereocenters. The molecule has 17 heavy (non-hydrogen) atoms. The summed E-state index contributed by atoms with van der Waals surface area (Å²) in [6.45, 7) is 0.409. The molecule has 0 heterocycles. The van der Waals surface area contributed by atoms with Crippen molar-refractivity contribution in [2.75, 3.05) is 12.8 Å². The molecule has 2 rings (SSSR count). The Morgan fingerprint density at radius 2 is 2.18 bits per heavy atom. The zero-order valence-corrected chi connectivity index (χ0v) is 10.8.